The standard InChI is InChI=1S/C20H25N5O3/c1-13-22-14(2)25(24-13)11-18(26)23-15-7-9-20(10-8-15)12-21-19(27)16-5-3-4-6-17(16)28-20/h3-6,15H,7-12H2,1-2H3,(H,21,27)(H,23,26). The molecule has 1 aromatic carbocycles. The zero-order valence-corrected chi connectivity index (χ0v) is 16.2. The molecular formula is C20H25N5O3. The molecule has 0 bridgehead atoms. The number of aryl methyl sites for hydroxylation is 2. The molecule has 28 heavy (non-hydrogen) atoms. The molecule has 0 radical (unpaired) electrons. The van der Waals surface area contributed by atoms with Gasteiger partial charge in [0.2, 0.25) is 5.91 Å². The van der Waals surface area contributed by atoms with Crippen molar-refractivity contribution in [2.45, 2.75) is 57.7 Å². The van der Waals surface area contributed by atoms with Crippen molar-refractivity contribution in [1.29, 1.82) is 0 Å². The molecule has 0 saturated heterocycles. The lowest BCUT2D eigenvalue weighted by molar-refractivity contribution is -0.123. The number of nitrogens with one attached hydrogen (secondary N) is 2. The largest absolute Gasteiger partial charge is 0.485 e. The molecule has 1 spiro atoms. The number of carbonyl (C=O) groups excluding carboxylic acids is 2. The summed E-state index contributed by atoms with van der Waals surface area (Å²) >= 11 is 0. The van der Waals surface area contributed by atoms with Crippen LogP contribution in [0, 0.1) is 13.8 Å². The minimum absolute atomic E-state index is 0.0608. The minimum Gasteiger partial charge on any atom is -0.485 e. The quantitative estimate of drug-likeness (QED) is 0.837. The number of carbonyl (C=O) groups is 2. The van der Waals surface area contributed by atoms with E-state index in [0.29, 0.717) is 23.7 Å². The Bertz CT molecular complexity index is 899. The van der Waals surface area contributed by atoms with Gasteiger partial charge in [-0.15, -0.1) is 0 Å². The Kier molecular flexibility index (Phi) is 4.78. The first kappa shape index (κ1) is 18.5. The number of hydrogen-bond donors (Lipinski definition) is 2. The average Bonchev–Trinajstić information content (AvgIpc) is 2.91. The van der Waals surface area contributed by atoms with E-state index in [-0.39, 0.29) is 24.4 Å². The first-order valence-corrected chi connectivity index (χ1v) is 9.68. The van der Waals surface area contributed by atoms with E-state index < -0.39 is 5.60 Å². The normalized spacial score (nSPS) is 24.1. The van der Waals surface area contributed by atoms with E-state index in [9.17, 15) is 9.59 Å². The number of fused-ring (bicyclic) bond motifs is 1. The summed E-state index contributed by atoms with van der Waals surface area (Å²) < 4.78 is 7.93. The van der Waals surface area contributed by atoms with E-state index in [4.69, 9.17) is 4.74 Å². The molecule has 1 fully saturated rings. The van der Waals surface area contributed by atoms with Crippen LogP contribution < -0.4 is 15.4 Å². The van der Waals surface area contributed by atoms with Crippen molar-refractivity contribution in [2.75, 3.05) is 6.54 Å². The lowest BCUT2D eigenvalue weighted by atomic mass is 9.81. The Balaban J connectivity index is 1.36. The van der Waals surface area contributed by atoms with Crippen molar-refractivity contribution in [2.24, 2.45) is 0 Å². The van der Waals surface area contributed by atoms with Crippen LogP contribution in [0.1, 0.15) is 47.7 Å². The van der Waals surface area contributed by atoms with E-state index in [1.807, 2.05) is 32.0 Å². The molecule has 1 aliphatic carbocycles. The van der Waals surface area contributed by atoms with Crippen LogP contribution in [0.15, 0.2) is 24.3 Å². The highest BCUT2D eigenvalue weighted by Gasteiger charge is 2.40. The third-order valence-corrected chi connectivity index (χ3v) is 5.55. The van der Waals surface area contributed by atoms with Crippen LogP contribution in [0.2, 0.25) is 0 Å². The van der Waals surface area contributed by atoms with Crippen LogP contribution in [0.5, 0.6) is 5.75 Å². The highest BCUT2D eigenvalue weighted by Crippen LogP contribution is 2.36. The fourth-order valence-electron chi connectivity index (χ4n) is 4.04. The molecule has 2 N–H and O–H groups in total. The molecule has 4 rings (SSSR count). The fraction of sp³-hybridized carbons (Fsp3) is 0.500. The second kappa shape index (κ2) is 7.26. The highest BCUT2D eigenvalue weighted by molar-refractivity contribution is 5.97. The molecule has 148 valence electrons. The number of nitrogens with zero attached hydrogens (tertiary/aromatic N) is 3. The summed E-state index contributed by atoms with van der Waals surface area (Å²) in [4.78, 5) is 28.9. The first-order valence-electron chi connectivity index (χ1n) is 9.68. The van der Waals surface area contributed by atoms with Crippen LogP contribution in [0.3, 0.4) is 0 Å². The van der Waals surface area contributed by atoms with Gasteiger partial charge >= 0.3 is 0 Å². The van der Waals surface area contributed by atoms with Crippen molar-refractivity contribution < 1.29 is 14.3 Å². The molecule has 0 unspecified atom stereocenters. The predicted molar refractivity (Wildman–Crippen MR) is 102 cm³/mol. The lowest BCUT2D eigenvalue weighted by Gasteiger charge is -2.39. The van der Waals surface area contributed by atoms with Crippen LogP contribution >= 0.6 is 0 Å². The summed E-state index contributed by atoms with van der Waals surface area (Å²) in [5.41, 5.74) is 0.164. The van der Waals surface area contributed by atoms with E-state index in [0.717, 1.165) is 31.5 Å². The van der Waals surface area contributed by atoms with E-state index in [1.54, 1.807) is 10.7 Å². The number of rotatable bonds is 3. The zero-order valence-electron chi connectivity index (χ0n) is 16.2. The van der Waals surface area contributed by atoms with E-state index in [1.165, 1.54) is 0 Å². The van der Waals surface area contributed by atoms with E-state index >= 15 is 0 Å². The molecular weight excluding hydrogens is 358 g/mol. The minimum atomic E-state index is -0.414. The Morgan fingerprint density at radius 3 is 2.79 bits per heavy atom. The Labute approximate surface area is 163 Å². The maximum absolute atomic E-state index is 12.4. The fourth-order valence-corrected chi connectivity index (χ4v) is 4.04. The molecule has 0 atom stereocenters. The molecule has 2 aromatic rings. The SMILES string of the molecule is Cc1nc(C)n(CC(=O)NC2CCC3(CC2)CNC(=O)c2ccccc2O3)n1. The monoisotopic (exact) mass is 383 g/mol. The second-order valence-electron chi connectivity index (χ2n) is 7.67. The van der Waals surface area contributed by atoms with Crippen LogP contribution in [-0.2, 0) is 11.3 Å². The van der Waals surface area contributed by atoms with Gasteiger partial charge in [0.25, 0.3) is 5.91 Å². The van der Waals surface area contributed by atoms with Gasteiger partial charge in [-0.3, -0.25) is 9.59 Å². The van der Waals surface area contributed by atoms with Gasteiger partial charge in [0.1, 0.15) is 29.5 Å². The lowest BCUT2D eigenvalue weighted by Crippen LogP contribution is -2.51. The number of hydrogen-bond acceptors (Lipinski definition) is 5. The third kappa shape index (κ3) is 3.72. The molecule has 2 aliphatic rings. The predicted octanol–water partition coefficient (Wildman–Crippen LogP) is 1.51. The number of benzene rings is 1. The van der Waals surface area contributed by atoms with Crippen molar-refractivity contribution in [3.05, 3.63) is 41.5 Å². The maximum Gasteiger partial charge on any atom is 0.255 e. The highest BCUT2D eigenvalue weighted by atomic mass is 16.5. The molecule has 2 amide bonds. The number of ether oxygens (including phenoxy) is 1. The first-order chi connectivity index (χ1) is 13.4. The van der Waals surface area contributed by atoms with Gasteiger partial charge in [-0.05, 0) is 51.7 Å². The molecule has 8 nitrogen and oxygen atoms in total. The maximum atomic E-state index is 12.4. The Morgan fingerprint density at radius 2 is 2.07 bits per heavy atom. The summed E-state index contributed by atoms with van der Waals surface area (Å²) in [6.07, 6.45) is 3.15. The van der Waals surface area contributed by atoms with Gasteiger partial charge in [-0.25, -0.2) is 9.67 Å². The van der Waals surface area contributed by atoms with Gasteiger partial charge < -0.3 is 15.4 Å². The summed E-state index contributed by atoms with van der Waals surface area (Å²) in [6.45, 7) is 4.31. The van der Waals surface area contributed by atoms with Crippen molar-refractivity contribution in [3.63, 3.8) is 0 Å². The second-order valence-corrected chi connectivity index (χ2v) is 7.67. The number of aromatic nitrogens is 3. The summed E-state index contributed by atoms with van der Waals surface area (Å²) in [5, 5.41) is 10.3. The van der Waals surface area contributed by atoms with E-state index in [2.05, 4.69) is 20.7 Å². The molecule has 8 heteroatoms. The zero-order chi connectivity index (χ0) is 19.7. The molecule has 1 aromatic heterocycles. The van der Waals surface area contributed by atoms with Gasteiger partial charge in [-0.1, -0.05) is 12.1 Å². The van der Waals surface area contributed by atoms with Gasteiger partial charge in [0, 0.05) is 6.04 Å². The molecule has 2 heterocycles. The van der Waals surface area contributed by atoms with Crippen LogP contribution in [0.25, 0.3) is 0 Å². The summed E-state index contributed by atoms with van der Waals surface area (Å²) in [6, 6.07) is 7.44. The molecule has 1 aliphatic heterocycles. The smallest absolute Gasteiger partial charge is 0.255 e. The third-order valence-electron chi connectivity index (χ3n) is 5.55. The van der Waals surface area contributed by atoms with Gasteiger partial charge in [0.15, 0.2) is 0 Å². The Morgan fingerprint density at radius 1 is 1.32 bits per heavy atom. The van der Waals surface area contributed by atoms with Crippen molar-refractivity contribution in [3.8, 4) is 5.75 Å². The summed E-state index contributed by atoms with van der Waals surface area (Å²) in [7, 11) is 0. The number of para-hydroxylation sites is 1. The van der Waals surface area contributed by atoms with Gasteiger partial charge in [0.05, 0.1) is 12.1 Å². The van der Waals surface area contributed by atoms with Crippen molar-refractivity contribution in [1.82, 2.24) is 25.4 Å². The summed E-state index contributed by atoms with van der Waals surface area (Å²) in [5.74, 6) is 1.88. The van der Waals surface area contributed by atoms with Crippen LogP contribution in [0.4, 0.5) is 0 Å². The Hall–Kier alpha value is -2.90. The van der Waals surface area contributed by atoms with Gasteiger partial charge in [-0.2, -0.15) is 5.10 Å². The van der Waals surface area contributed by atoms with Crippen molar-refractivity contribution >= 4 is 11.8 Å². The average molecular weight is 383 g/mol. The topological polar surface area (TPSA) is 98.1 Å². The van der Waals surface area contributed by atoms with Crippen LogP contribution in [-0.4, -0.2) is 44.8 Å². The number of amides is 2. The molecule has 1 saturated carbocycles.